The minimum Gasteiger partial charge on any atom is -0.485 e. The van der Waals surface area contributed by atoms with Crippen LogP contribution in [-0.4, -0.2) is 44.6 Å². The van der Waals surface area contributed by atoms with Gasteiger partial charge in [0.2, 0.25) is 0 Å². The average Bonchev–Trinajstić information content (AvgIpc) is 3.01. The van der Waals surface area contributed by atoms with E-state index in [0.717, 1.165) is 56.2 Å². The zero-order valence-corrected chi connectivity index (χ0v) is 15.2. The van der Waals surface area contributed by atoms with Crippen LogP contribution in [0.4, 0.5) is 5.82 Å². The molecule has 0 bridgehead atoms. The topological polar surface area (TPSA) is 76.9 Å². The zero-order chi connectivity index (χ0) is 17.7. The maximum atomic E-state index is 5.94. The third-order valence-electron chi connectivity index (χ3n) is 4.76. The van der Waals surface area contributed by atoms with E-state index in [1.54, 1.807) is 23.7 Å². The molecule has 0 unspecified atom stereocenters. The molecule has 0 radical (unpaired) electrons. The number of thiophene rings is 1. The Morgan fingerprint density at radius 1 is 1.15 bits per heavy atom. The van der Waals surface area contributed by atoms with Gasteiger partial charge in [-0.3, -0.25) is 4.98 Å². The summed E-state index contributed by atoms with van der Waals surface area (Å²) in [6.07, 6.45) is 5.44. The van der Waals surface area contributed by atoms with Gasteiger partial charge in [-0.2, -0.15) is 10.2 Å². The lowest BCUT2D eigenvalue weighted by molar-refractivity contribution is 0.166. The molecule has 1 aliphatic rings. The normalized spacial score (nSPS) is 14.8. The Labute approximate surface area is 153 Å². The summed E-state index contributed by atoms with van der Waals surface area (Å²) in [4.78, 5) is 7.21. The van der Waals surface area contributed by atoms with Gasteiger partial charge >= 0.3 is 0 Å². The van der Waals surface area contributed by atoms with Crippen molar-refractivity contribution in [3.63, 3.8) is 0 Å². The van der Waals surface area contributed by atoms with Crippen molar-refractivity contribution in [2.24, 2.45) is 0 Å². The van der Waals surface area contributed by atoms with Crippen LogP contribution in [0.1, 0.15) is 11.3 Å². The average molecular weight is 364 g/mol. The van der Waals surface area contributed by atoms with E-state index >= 15 is 0 Å². The molecule has 0 atom stereocenters. The lowest BCUT2D eigenvalue weighted by Gasteiger charge is -2.39. The van der Waals surface area contributed by atoms with Gasteiger partial charge in [-0.25, -0.2) is 0 Å². The van der Waals surface area contributed by atoms with Gasteiger partial charge in [-0.15, -0.1) is 21.5 Å². The second-order valence-electron chi connectivity index (χ2n) is 6.44. The van der Waals surface area contributed by atoms with Gasteiger partial charge in [-0.1, -0.05) is 0 Å². The first kappa shape index (κ1) is 15.4. The van der Waals surface area contributed by atoms with Gasteiger partial charge < -0.3 is 9.64 Å². The number of aryl methyl sites for hydroxylation is 2. The van der Waals surface area contributed by atoms with Crippen molar-refractivity contribution in [1.29, 1.82) is 0 Å². The predicted molar refractivity (Wildman–Crippen MR) is 101 cm³/mol. The van der Waals surface area contributed by atoms with Crippen LogP contribution in [0.3, 0.4) is 0 Å². The number of ether oxygens (including phenoxy) is 1. The van der Waals surface area contributed by atoms with E-state index in [1.807, 2.05) is 25.3 Å². The van der Waals surface area contributed by atoms with Gasteiger partial charge in [0.1, 0.15) is 16.7 Å². The molecule has 8 heteroatoms. The summed E-state index contributed by atoms with van der Waals surface area (Å²) < 4.78 is 7.05. The highest BCUT2D eigenvalue weighted by Gasteiger charge is 2.32. The van der Waals surface area contributed by atoms with E-state index in [-0.39, 0.29) is 6.10 Å². The zero-order valence-electron chi connectivity index (χ0n) is 14.4. The number of rotatable bonds is 3. The molecule has 130 valence electrons. The molecule has 1 fully saturated rings. The van der Waals surface area contributed by atoms with Crippen LogP contribution in [0, 0.1) is 13.8 Å². The summed E-state index contributed by atoms with van der Waals surface area (Å²) in [5.74, 6) is 1.69. The second kappa shape index (κ2) is 5.84. The fourth-order valence-electron chi connectivity index (χ4n) is 3.22. The molecule has 0 spiro atoms. The molecule has 26 heavy (non-hydrogen) atoms. The molecule has 0 saturated carbocycles. The molecule has 1 saturated heterocycles. The summed E-state index contributed by atoms with van der Waals surface area (Å²) in [6.45, 7) is 5.62. The first-order valence-electron chi connectivity index (χ1n) is 8.40. The predicted octanol–water partition coefficient (Wildman–Crippen LogP) is 2.91. The maximum Gasteiger partial charge on any atom is 0.169 e. The molecule has 0 amide bonds. The Morgan fingerprint density at radius 3 is 2.85 bits per heavy atom. The monoisotopic (exact) mass is 364 g/mol. The summed E-state index contributed by atoms with van der Waals surface area (Å²) in [7, 11) is 0. The summed E-state index contributed by atoms with van der Waals surface area (Å²) in [5.41, 5.74) is 2.10. The van der Waals surface area contributed by atoms with Crippen LogP contribution in [0.5, 0.6) is 5.75 Å². The molecule has 0 N–H and O–H groups in total. The van der Waals surface area contributed by atoms with Crippen molar-refractivity contribution < 1.29 is 4.74 Å². The smallest absolute Gasteiger partial charge is 0.169 e. The van der Waals surface area contributed by atoms with Crippen molar-refractivity contribution in [2.45, 2.75) is 20.0 Å². The highest BCUT2D eigenvalue weighted by atomic mass is 32.1. The summed E-state index contributed by atoms with van der Waals surface area (Å²) in [6, 6.07) is 3.80. The second-order valence-corrected chi connectivity index (χ2v) is 7.44. The van der Waals surface area contributed by atoms with Crippen LogP contribution in [0.15, 0.2) is 30.7 Å². The number of hydrogen-bond acceptors (Lipinski definition) is 8. The van der Waals surface area contributed by atoms with Crippen molar-refractivity contribution in [3.8, 4) is 5.75 Å². The number of anilines is 1. The van der Waals surface area contributed by atoms with Gasteiger partial charge in [-0.05, 0) is 31.5 Å². The fourth-order valence-corrected chi connectivity index (χ4v) is 4.38. The highest BCUT2D eigenvalue weighted by molar-refractivity contribution is 7.26. The van der Waals surface area contributed by atoms with E-state index in [1.165, 1.54) is 0 Å². The SMILES string of the molecule is Cc1nnc2sc3c(N4CC(Oc5cccnc5)C4)nncc3c2c1C. The fraction of sp³-hybridized carbons (Fsp3) is 0.278. The third kappa shape index (κ3) is 2.37. The van der Waals surface area contributed by atoms with Crippen LogP contribution in [0.2, 0.25) is 0 Å². The van der Waals surface area contributed by atoms with E-state index in [9.17, 15) is 0 Å². The van der Waals surface area contributed by atoms with E-state index in [2.05, 4.69) is 37.2 Å². The minimum absolute atomic E-state index is 0.134. The van der Waals surface area contributed by atoms with E-state index < -0.39 is 0 Å². The van der Waals surface area contributed by atoms with Crippen molar-refractivity contribution in [1.82, 2.24) is 25.4 Å². The van der Waals surface area contributed by atoms with E-state index in [4.69, 9.17) is 4.74 Å². The maximum absolute atomic E-state index is 5.94. The lowest BCUT2D eigenvalue weighted by Crippen LogP contribution is -2.54. The van der Waals surface area contributed by atoms with Crippen molar-refractivity contribution in [2.75, 3.05) is 18.0 Å². The van der Waals surface area contributed by atoms with Gasteiger partial charge in [0.05, 0.1) is 35.9 Å². The highest BCUT2D eigenvalue weighted by Crippen LogP contribution is 2.39. The molecule has 5 heterocycles. The Hall–Kier alpha value is -2.87. The van der Waals surface area contributed by atoms with Gasteiger partial charge in [0.15, 0.2) is 5.82 Å². The molecule has 0 aromatic carbocycles. The number of aromatic nitrogens is 5. The van der Waals surface area contributed by atoms with Gasteiger partial charge in [0, 0.05) is 17.0 Å². The minimum atomic E-state index is 0.134. The number of hydrogen-bond donors (Lipinski definition) is 0. The molecule has 5 rings (SSSR count). The largest absolute Gasteiger partial charge is 0.485 e. The van der Waals surface area contributed by atoms with E-state index in [0.29, 0.717) is 0 Å². The Bertz CT molecular complexity index is 1110. The molecule has 7 nitrogen and oxygen atoms in total. The molecule has 1 aliphatic heterocycles. The Kier molecular flexibility index (Phi) is 3.46. The van der Waals surface area contributed by atoms with Crippen LogP contribution in [0.25, 0.3) is 20.3 Å². The van der Waals surface area contributed by atoms with Crippen LogP contribution < -0.4 is 9.64 Å². The van der Waals surface area contributed by atoms with Crippen LogP contribution in [-0.2, 0) is 0 Å². The number of pyridine rings is 1. The molecule has 0 aliphatic carbocycles. The van der Waals surface area contributed by atoms with Crippen LogP contribution >= 0.6 is 11.3 Å². The Balaban J connectivity index is 1.46. The molecule has 4 aromatic heterocycles. The van der Waals surface area contributed by atoms with Crippen molar-refractivity contribution >= 4 is 37.5 Å². The standard InChI is InChI=1S/C18H16N6OS/c1-10-11(2)21-23-18-15(10)14-7-20-22-17(16(14)26-18)24-8-13(9-24)25-12-4-3-5-19-6-12/h3-7,13H,8-9H2,1-2H3. The summed E-state index contributed by atoms with van der Waals surface area (Å²) >= 11 is 1.63. The molecule has 4 aromatic rings. The number of fused-ring (bicyclic) bond motifs is 3. The number of nitrogens with zero attached hydrogens (tertiary/aromatic N) is 6. The molecular weight excluding hydrogens is 348 g/mol. The first-order valence-corrected chi connectivity index (χ1v) is 9.22. The molecular formula is C18H16N6OS. The lowest BCUT2D eigenvalue weighted by atomic mass is 10.1. The first-order chi connectivity index (χ1) is 12.7. The van der Waals surface area contributed by atoms with Crippen molar-refractivity contribution in [3.05, 3.63) is 42.0 Å². The Morgan fingerprint density at radius 2 is 2.04 bits per heavy atom. The summed E-state index contributed by atoms with van der Waals surface area (Å²) in [5, 5.41) is 19.5. The van der Waals surface area contributed by atoms with Gasteiger partial charge in [0.25, 0.3) is 0 Å². The third-order valence-corrected chi connectivity index (χ3v) is 5.85. The quantitative estimate of drug-likeness (QED) is 0.553.